The standard InChI is InChI=1S/C14H18ClN3/c1-3-7-16-9-12-5-4-6-13(8-12)18-10-14(15)11(2)17-18/h4-6,8,10,16H,3,7,9H2,1-2H3. The van der Waals surface area contributed by atoms with Crippen LogP contribution in [0.5, 0.6) is 0 Å². The van der Waals surface area contributed by atoms with E-state index in [1.165, 1.54) is 5.56 Å². The number of halogens is 1. The van der Waals surface area contributed by atoms with Gasteiger partial charge in [0.05, 0.1) is 16.4 Å². The van der Waals surface area contributed by atoms with E-state index in [9.17, 15) is 0 Å². The Morgan fingerprint density at radius 3 is 2.89 bits per heavy atom. The van der Waals surface area contributed by atoms with Crippen LogP contribution in [-0.2, 0) is 6.54 Å². The maximum absolute atomic E-state index is 6.03. The van der Waals surface area contributed by atoms with Gasteiger partial charge in [-0.1, -0.05) is 30.7 Å². The second kappa shape index (κ2) is 6.03. The van der Waals surface area contributed by atoms with Crippen molar-refractivity contribution in [3.05, 3.63) is 46.7 Å². The van der Waals surface area contributed by atoms with E-state index in [-0.39, 0.29) is 0 Å². The van der Waals surface area contributed by atoms with E-state index in [1.807, 2.05) is 29.9 Å². The molecular weight excluding hydrogens is 246 g/mol. The number of aromatic nitrogens is 2. The van der Waals surface area contributed by atoms with Gasteiger partial charge in [-0.15, -0.1) is 0 Å². The van der Waals surface area contributed by atoms with Gasteiger partial charge in [-0.25, -0.2) is 4.68 Å². The molecule has 0 aliphatic rings. The molecule has 1 aromatic carbocycles. The molecule has 3 nitrogen and oxygen atoms in total. The monoisotopic (exact) mass is 263 g/mol. The minimum atomic E-state index is 0.699. The lowest BCUT2D eigenvalue weighted by atomic mass is 10.2. The van der Waals surface area contributed by atoms with Gasteiger partial charge in [-0.3, -0.25) is 0 Å². The first-order valence-corrected chi connectivity index (χ1v) is 6.60. The highest BCUT2D eigenvalue weighted by atomic mass is 35.5. The van der Waals surface area contributed by atoms with Crippen molar-refractivity contribution in [2.75, 3.05) is 6.54 Å². The van der Waals surface area contributed by atoms with Crippen LogP contribution < -0.4 is 5.32 Å². The highest BCUT2D eigenvalue weighted by Gasteiger charge is 2.04. The molecule has 1 heterocycles. The zero-order valence-corrected chi connectivity index (χ0v) is 11.5. The quantitative estimate of drug-likeness (QED) is 0.839. The summed E-state index contributed by atoms with van der Waals surface area (Å²) in [6.45, 7) is 6.00. The third-order valence-corrected chi connectivity index (χ3v) is 3.14. The van der Waals surface area contributed by atoms with Crippen molar-refractivity contribution in [2.24, 2.45) is 0 Å². The van der Waals surface area contributed by atoms with Crippen molar-refractivity contribution in [2.45, 2.75) is 26.8 Å². The van der Waals surface area contributed by atoms with E-state index in [0.29, 0.717) is 5.02 Å². The molecule has 2 aromatic rings. The normalized spacial score (nSPS) is 10.8. The Morgan fingerprint density at radius 1 is 1.39 bits per heavy atom. The third-order valence-electron chi connectivity index (χ3n) is 2.77. The average molecular weight is 264 g/mol. The van der Waals surface area contributed by atoms with E-state index >= 15 is 0 Å². The van der Waals surface area contributed by atoms with E-state index in [0.717, 1.165) is 30.9 Å². The van der Waals surface area contributed by atoms with Crippen LogP contribution in [-0.4, -0.2) is 16.3 Å². The molecule has 0 bridgehead atoms. The van der Waals surface area contributed by atoms with Crippen LogP contribution in [0.4, 0.5) is 0 Å². The van der Waals surface area contributed by atoms with E-state index < -0.39 is 0 Å². The molecule has 0 radical (unpaired) electrons. The Morgan fingerprint density at radius 2 is 2.22 bits per heavy atom. The van der Waals surface area contributed by atoms with Crippen molar-refractivity contribution in [1.82, 2.24) is 15.1 Å². The lowest BCUT2D eigenvalue weighted by molar-refractivity contribution is 0.675. The van der Waals surface area contributed by atoms with Crippen molar-refractivity contribution < 1.29 is 0 Å². The van der Waals surface area contributed by atoms with Crippen LogP contribution in [0.3, 0.4) is 0 Å². The molecule has 4 heteroatoms. The van der Waals surface area contributed by atoms with E-state index in [2.05, 4.69) is 29.5 Å². The maximum Gasteiger partial charge on any atom is 0.0819 e. The molecule has 0 amide bonds. The maximum atomic E-state index is 6.03. The fraction of sp³-hybridized carbons (Fsp3) is 0.357. The number of benzene rings is 1. The molecule has 18 heavy (non-hydrogen) atoms. The zero-order chi connectivity index (χ0) is 13.0. The van der Waals surface area contributed by atoms with Gasteiger partial charge in [0.25, 0.3) is 0 Å². The van der Waals surface area contributed by atoms with Gasteiger partial charge < -0.3 is 5.32 Å². The first-order valence-electron chi connectivity index (χ1n) is 6.22. The fourth-order valence-electron chi connectivity index (χ4n) is 1.79. The molecule has 0 atom stereocenters. The number of hydrogen-bond donors (Lipinski definition) is 1. The Hall–Kier alpha value is -1.32. The summed E-state index contributed by atoms with van der Waals surface area (Å²) in [5.74, 6) is 0. The summed E-state index contributed by atoms with van der Waals surface area (Å²) in [7, 11) is 0. The van der Waals surface area contributed by atoms with Gasteiger partial charge in [0.2, 0.25) is 0 Å². The average Bonchev–Trinajstić information content (AvgIpc) is 2.71. The minimum Gasteiger partial charge on any atom is -0.313 e. The number of rotatable bonds is 5. The van der Waals surface area contributed by atoms with Crippen molar-refractivity contribution in [3.8, 4) is 5.69 Å². The molecule has 96 valence electrons. The van der Waals surface area contributed by atoms with Crippen molar-refractivity contribution in [3.63, 3.8) is 0 Å². The molecule has 0 fully saturated rings. The third kappa shape index (κ3) is 3.12. The molecule has 1 aromatic heterocycles. The molecule has 0 saturated carbocycles. The number of hydrogen-bond acceptors (Lipinski definition) is 2. The molecular formula is C14H18ClN3. The van der Waals surface area contributed by atoms with Crippen LogP contribution in [0.25, 0.3) is 5.69 Å². The Kier molecular flexibility index (Phi) is 4.39. The van der Waals surface area contributed by atoms with Gasteiger partial charge in [-0.2, -0.15) is 5.10 Å². The van der Waals surface area contributed by atoms with Crippen LogP contribution in [0.2, 0.25) is 5.02 Å². The fourth-order valence-corrected chi connectivity index (χ4v) is 1.92. The summed E-state index contributed by atoms with van der Waals surface area (Å²) >= 11 is 6.03. The number of nitrogens with one attached hydrogen (secondary N) is 1. The largest absolute Gasteiger partial charge is 0.313 e. The lowest BCUT2D eigenvalue weighted by Gasteiger charge is -2.06. The summed E-state index contributed by atoms with van der Waals surface area (Å²) in [6, 6.07) is 8.32. The molecule has 1 N–H and O–H groups in total. The molecule has 2 rings (SSSR count). The first kappa shape index (κ1) is 13.1. The Balaban J connectivity index is 2.16. The highest BCUT2D eigenvalue weighted by Crippen LogP contribution is 2.17. The second-order valence-electron chi connectivity index (χ2n) is 4.35. The summed E-state index contributed by atoms with van der Waals surface area (Å²) in [5.41, 5.74) is 3.15. The predicted molar refractivity (Wildman–Crippen MR) is 75.3 cm³/mol. The van der Waals surface area contributed by atoms with E-state index in [4.69, 9.17) is 11.6 Å². The summed E-state index contributed by atoms with van der Waals surface area (Å²) in [4.78, 5) is 0. The van der Waals surface area contributed by atoms with E-state index in [1.54, 1.807) is 0 Å². The van der Waals surface area contributed by atoms with Crippen LogP contribution in [0, 0.1) is 6.92 Å². The minimum absolute atomic E-state index is 0.699. The Bertz CT molecular complexity index is 500. The lowest BCUT2D eigenvalue weighted by Crippen LogP contribution is -2.13. The molecule has 0 saturated heterocycles. The van der Waals surface area contributed by atoms with Crippen molar-refractivity contribution >= 4 is 11.6 Å². The van der Waals surface area contributed by atoms with Gasteiger partial charge in [-0.05, 0) is 37.6 Å². The number of nitrogens with zero attached hydrogens (tertiary/aromatic N) is 2. The predicted octanol–water partition coefficient (Wildman–Crippen LogP) is 3.33. The molecule has 0 unspecified atom stereocenters. The SMILES string of the molecule is CCCNCc1cccc(-n2cc(Cl)c(C)n2)c1. The van der Waals surface area contributed by atoms with Crippen molar-refractivity contribution in [1.29, 1.82) is 0 Å². The summed E-state index contributed by atoms with van der Waals surface area (Å²) in [6.07, 6.45) is 2.99. The molecule has 0 spiro atoms. The van der Waals surface area contributed by atoms with Crippen LogP contribution in [0.1, 0.15) is 24.6 Å². The summed E-state index contributed by atoms with van der Waals surface area (Å²) in [5, 5.41) is 8.47. The molecule has 0 aliphatic carbocycles. The zero-order valence-electron chi connectivity index (χ0n) is 10.8. The van der Waals surface area contributed by atoms with Gasteiger partial charge in [0, 0.05) is 12.7 Å². The van der Waals surface area contributed by atoms with Gasteiger partial charge in [0.1, 0.15) is 0 Å². The second-order valence-corrected chi connectivity index (χ2v) is 4.76. The van der Waals surface area contributed by atoms with Gasteiger partial charge >= 0.3 is 0 Å². The smallest absolute Gasteiger partial charge is 0.0819 e. The molecule has 0 aliphatic heterocycles. The first-order chi connectivity index (χ1) is 8.70. The Labute approximate surface area is 113 Å². The highest BCUT2D eigenvalue weighted by molar-refractivity contribution is 6.31. The topological polar surface area (TPSA) is 29.9 Å². The summed E-state index contributed by atoms with van der Waals surface area (Å²) < 4.78 is 1.82. The van der Waals surface area contributed by atoms with Gasteiger partial charge in [0.15, 0.2) is 0 Å². The van der Waals surface area contributed by atoms with Crippen LogP contribution in [0.15, 0.2) is 30.5 Å². The van der Waals surface area contributed by atoms with Crippen LogP contribution >= 0.6 is 11.6 Å². The number of aryl methyl sites for hydroxylation is 1.